The third kappa shape index (κ3) is 4.98. The van der Waals surface area contributed by atoms with E-state index in [0.717, 1.165) is 23.2 Å². The van der Waals surface area contributed by atoms with Crippen LogP contribution < -0.4 is 5.32 Å². The van der Waals surface area contributed by atoms with E-state index in [4.69, 9.17) is 23.2 Å². The highest BCUT2D eigenvalue weighted by molar-refractivity contribution is 6.33. The van der Waals surface area contributed by atoms with Gasteiger partial charge in [0.25, 0.3) is 5.91 Å². The van der Waals surface area contributed by atoms with Crippen LogP contribution in [0.1, 0.15) is 32.7 Å². The zero-order valence-corrected chi connectivity index (χ0v) is 18.4. The van der Waals surface area contributed by atoms with E-state index in [1.54, 1.807) is 24.1 Å². The molecule has 1 amide bonds. The Kier molecular flexibility index (Phi) is 6.39. The van der Waals surface area contributed by atoms with Gasteiger partial charge in [-0.15, -0.1) is 0 Å². The first-order valence-electron chi connectivity index (χ1n) is 9.79. The number of rotatable bonds is 7. The van der Waals surface area contributed by atoms with Gasteiger partial charge in [-0.1, -0.05) is 65.7 Å². The molecule has 0 aliphatic heterocycles. The summed E-state index contributed by atoms with van der Waals surface area (Å²) in [5, 5.41) is 8.29. The van der Waals surface area contributed by atoms with E-state index in [0.29, 0.717) is 34.5 Å². The summed E-state index contributed by atoms with van der Waals surface area (Å²) < 4.78 is 3.60. The molecule has 2 heterocycles. The maximum atomic E-state index is 12.8. The lowest BCUT2D eigenvalue weighted by atomic mass is 10.1. The van der Waals surface area contributed by atoms with E-state index in [1.165, 1.54) is 0 Å². The molecule has 2 aromatic heterocycles. The number of hydrogen-bond donors (Lipinski definition) is 1. The molecule has 2 aromatic carbocycles. The summed E-state index contributed by atoms with van der Waals surface area (Å²) >= 11 is 12.7. The number of nitrogens with zero attached hydrogens (tertiary/aromatic N) is 4. The van der Waals surface area contributed by atoms with Gasteiger partial charge >= 0.3 is 0 Å². The molecule has 8 heteroatoms. The van der Waals surface area contributed by atoms with Crippen LogP contribution >= 0.6 is 23.2 Å². The van der Waals surface area contributed by atoms with Crippen LogP contribution in [-0.4, -0.2) is 25.2 Å². The first-order chi connectivity index (χ1) is 15.0. The predicted molar refractivity (Wildman–Crippen MR) is 121 cm³/mol. The van der Waals surface area contributed by atoms with E-state index in [9.17, 15) is 4.79 Å². The molecule has 0 saturated heterocycles. The van der Waals surface area contributed by atoms with Crippen molar-refractivity contribution in [3.8, 4) is 0 Å². The molecule has 0 fully saturated rings. The highest BCUT2D eigenvalue weighted by atomic mass is 35.5. The van der Waals surface area contributed by atoms with Crippen LogP contribution in [-0.2, 0) is 19.6 Å². The summed E-state index contributed by atoms with van der Waals surface area (Å²) in [7, 11) is 0. The molecule has 4 aromatic rings. The molecule has 0 aliphatic carbocycles. The monoisotopic (exact) mass is 453 g/mol. The second-order valence-electron chi connectivity index (χ2n) is 7.23. The van der Waals surface area contributed by atoms with E-state index >= 15 is 0 Å². The van der Waals surface area contributed by atoms with E-state index < -0.39 is 0 Å². The predicted octanol–water partition coefficient (Wildman–Crippen LogP) is 4.72. The molecule has 4 rings (SSSR count). The minimum Gasteiger partial charge on any atom is -0.348 e. The van der Waals surface area contributed by atoms with Crippen LogP contribution in [0.4, 0.5) is 0 Å². The number of aryl methyl sites for hydroxylation is 1. The Morgan fingerprint density at radius 2 is 1.77 bits per heavy atom. The fraction of sp³-hybridized carbons (Fsp3) is 0.174. The van der Waals surface area contributed by atoms with Gasteiger partial charge in [-0.3, -0.25) is 4.79 Å². The number of aromatic nitrogens is 4. The van der Waals surface area contributed by atoms with Crippen molar-refractivity contribution in [2.24, 2.45) is 0 Å². The van der Waals surface area contributed by atoms with Crippen LogP contribution in [0.5, 0.6) is 0 Å². The summed E-state index contributed by atoms with van der Waals surface area (Å²) in [6.07, 6.45) is 5.46. The first kappa shape index (κ1) is 21.2. The highest BCUT2D eigenvalue weighted by Gasteiger charge is 2.20. The quantitative estimate of drug-likeness (QED) is 0.440. The van der Waals surface area contributed by atoms with Crippen LogP contribution in [0.15, 0.2) is 67.3 Å². The maximum absolute atomic E-state index is 12.8. The largest absolute Gasteiger partial charge is 0.348 e. The topological polar surface area (TPSA) is 64.7 Å². The second-order valence-corrected chi connectivity index (χ2v) is 8.00. The zero-order valence-electron chi connectivity index (χ0n) is 16.9. The summed E-state index contributed by atoms with van der Waals surface area (Å²) in [6.45, 7) is 3.32. The molecule has 31 heavy (non-hydrogen) atoms. The molecule has 0 saturated carbocycles. The molecular weight excluding hydrogens is 433 g/mol. The van der Waals surface area contributed by atoms with Crippen molar-refractivity contribution in [3.63, 3.8) is 0 Å². The summed E-state index contributed by atoms with van der Waals surface area (Å²) in [5.41, 5.74) is 4.00. The lowest BCUT2D eigenvalue weighted by Crippen LogP contribution is -2.23. The van der Waals surface area contributed by atoms with Crippen LogP contribution in [0.25, 0.3) is 0 Å². The molecule has 0 unspecified atom stereocenters. The number of carbonyl (C=O) groups is 1. The Balaban J connectivity index is 1.40. The lowest BCUT2D eigenvalue weighted by Gasteiger charge is -2.08. The van der Waals surface area contributed by atoms with Gasteiger partial charge in [0.1, 0.15) is 5.15 Å². The fourth-order valence-corrected chi connectivity index (χ4v) is 3.84. The van der Waals surface area contributed by atoms with Gasteiger partial charge in [0.2, 0.25) is 0 Å². The number of amides is 1. The summed E-state index contributed by atoms with van der Waals surface area (Å²) in [4.78, 5) is 16.8. The molecule has 1 N–H and O–H groups in total. The van der Waals surface area contributed by atoms with Crippen LogP contribution in [0.2, 0.25) is 10.2 Å². The van der Waals surface area contributed by atoms with Crippen LogP contribution in [0, 0.1) is 6.92 Å². The summed E-state index contributed by atoms with van der Waals surface area (Å²) in [6, 6.07) is 15.6. The Hall–Kier alpha value is -3.09. The smallest absolute Gasteiger partial charge is 0.256 e. The van der Waals surface area contributed by atoms with Gasteiger partial charge in [0, 0.05) is 30.5 Å². The first-order valence-corrected chi connectivity index (χ1v) is 10.5. The molecule has 0 atom stereocenters. The number of imidazole rings is 1. The van der Waals surface area contributed by atoms with Gasteiger partial charge in [-0.25, -0.2) is 9.67 Å². The van der Waals surface area contributed by atoms with E-state index in [1.807, 2.05) is 59.3 Å². The van der Waals surface area contributed by atoms with Crippen molar-refractivity contribution in [1.29, 1.82) is 0 Å². The zero-order chi connectivity index (χ0) is 21.8. The lowest BCUT2D eigenvalue weighted by molar-refractivity contribution is 0.0950. The Bertz CT molecular complexity index is 1180. The standard InChI is InChI=1S/C23H21Cl2N5O/c1-16-21(22(25)30(28-16)14-19-4-2-3-5-20(19)24)23(31)27-12-17-6-8-18(9-7-17)13-29-11-10-26-15-29/h2-11,15H,12-14H2,1H3,(H,27,31). The number of benzene rings is 2. The highest BCUT2D eigenvalue weighted by Crippen LogP contribution is 2.23. The Labute approximate surface area is 190 Å². The maximum Gasteiger partial charge on any atom is 0.256 e. The molecule has 0 spiro atoms. The minimum absolute atomic E-state index is 0.254. The third-order valence-electron chi connectivity index (χ3n) is 4.97. The van der Waals surface area contributed by atoms with Gasteiger partial charge in [0.15, 0.2) is 0 Å². The Morgan fingerprint density at radius 1 is 1.03 bits per heavy atom. The Morgan fingerprint density at radius 3 is 2.48 bits per heavy atom. The van der Waals surface area contributed by atoms with Crippen molar-refractivity contribution >= 4 is 29.1 Å². The third-order valence-corrected chi connectivity index (χ3v) is 5.72. The molecule has 6 nitrogen and oxygen atoms in total. The fourth-order valence-electron chi connectivity index (χ4n) is 3.33. The van der Waals surface area contributed by atoms with Crippen molar-refractivity contribution in [3.05, 3.63) is 105 Å². The average molecular weight is 454 g/mol. The van der Waals surface area contributed by atoms with Crippen LogP contribution in [0.3, 0.4) is 0 Å². The number of hydrogen-bond acceptors (Lipinski definition) is 3. The van der Waals surface area contributed by atoms with Crippen molar-refractivity contribution in [2.75, 3.05) is 0 Å². The van der Waals surface area contributed by atoms with Gasteiger partial charge < -0.3 is 9.88 Å². The van der Waals surface area contributed by atoms with Crippen molar-refractivity contribution < 1.29 is 4.79 Å². The number of halogens is 2. The molecule has 158 valence electrons. The average Bonchev–Trinajstić information content (AvgIpc) is 3.36. The molecule has 0 bridgehead atoms. The van der Waals surface area contributed by atoms with E-state index in [2.05, 4.69) is 15.4 Å². The SMILES string of the molecule is Cc1nn(Cc2ccccc2Cl)c(Cl)c1C(=O)NCc1ccc(Cn2ccnc2)cc1. The molecular formula is C23H21Cl2N5O. The normalized spacial score (nSPS) is 10.9. The number of nitrogens with one attached hydrogen (secondary N) is 1. The number of carbonyl (C=O) groups excluding carboxylic acids is 1. The molecule has 0 radical (unpaired) electrons. The van der Waals surface area contributed by atoms with Gasteiger partial charge in [-0.2, -0.15) is 5.10 Å². The second kappa shape index (κ2) is 9.37. The van der Waals surface area contributed by atoms with E-state index in [-0.39, 0.29) is 5.91 Å². The minimum atomic E-state index is -0.254. The van der Waals surface area contributed by atoms with Crippen molar-refractivity contribution in [2.45, 2.75) is 26.6 Å². The van der Waals surface area contributed by atoms with Crippen molar-refractivity contribution in [1.82, 2.24) is 24.6 Å². The molecule has 0 aliphatic rings. The summed E-state index contributed by atoms with van der Waals surface area (Å²) in [5.74, 6) is -0.254. The van der Waals surface area contributed by atoms with Gasteiger partial charge in [-0.05, 0) is 29.7 Å². The van der Waals surface area contributed by atoms with Gasteiger partial charge in [0.05, 0.1) is 24.1 Å².